The SMILES string of the molecule is Cc1ccc(S(=O)(=O)NCc2ccc(/C=N\NC(=O)c3ccc(Cl)cc3)o2)cc1. The van der Waals surface area contributed by atoms with Gasteiger partial charge in [-0.2, -0.15) is 5.10 Å². The van der Waals surface area contributed by atoms with Gasteiger partial charge in [0, 0.05) is 10.6 Å². The second-order valence-corrected chi connectivity index (χ2v) is 8.35. The second kappa shape index (κ2) is 9.04. The Morgan fingerprint density at radius 3 is 2.45 bits per heavy atom. The van der Waals surface area contributed by atoms with Crippen LogP contribution in [0.5, 0.6) is 0 Å². The summed E-state index contributed by atoms with van der Waals surface area (Å²) in [5.74, 6) is 0.382. The first kappa shape index (κ1) is 20.8. The summed E-state index contributed by atoms with van der Waals surface area (Å²) in [4.78, 5) is 12.1. The zero-order valence-corrected chi connectivity index (χ0v) is 17.0. The third-order valence-electron chi connectivity index (χ3n) is 3.91. The first-order valence-electron chi connectivity index (χ1n) is 8.57. The molecule has 1 aromatic heterocycles. The molecule has 0 saturated carbocycles. The van der Waals surface area contributed by atoms with E-state index < -0.39 is 15.9 Å². The number of hydrogen-bond donors (Lipinski definition) is 2. The summed E-state index contributed by atoms with van der Waals surface area (Å²) in [6.07, 6.45) is 1.33. The molecule has 0 aliphatic rings. The topological polar surface area (TPSA) is 101 Å². The van der Waals surface area contributed by atoms with E-state index in [1.54, 1.807) is 60.7 Å². The molecule has 3 rings (SSSR count). The molecule has 1 amide bonds. The lowest BCUT2D eigenvalue weighted by Gasteiger charge is -2.05. The number of hydrazone groups is 1. The van der Waals surface area contributed by atoms with Crippen molar-refractivity contribution in [2.75, 3.05) is 0 Å². The summed E-state index contributed by atoms with van der Waals surface area (Å²) in [6.45, 7) is 1.87. The minimum Gasteiger partial charge on any atom is -0.459 e. The Balaban J connectivity index is 1.55. The number of benzene rings is 2. The van der Waals surface area contributed by atoms with Crippen molar-refractivity contribution in [3.63, 3.8) is 0 Å². The van der Waals surface area contributed by atoms with Gasteiger partial charge in [-0.1, -0.05) is 29.3 Å². The van der Waals surface area contributed by atoms with Crippen LogP contribution in [0.2, 0.25) is 5.02 Å². The van der Waals surface area contributed by atoms with Crippen molar-refractivity contribution in [3.05, 3.63) is 88.3 Å². The standard InChI is InChI=1S/C20H18ClN3O4S/c1-14-2-10-19(11-3-14)29(26,27)23-13-18-9-8-17(28-18)12-22-24-20(25)15-4-6-16(21)7-5-15/h2-12,23H,13H2,1H3,(H,24,25)/b22-12-. The molecule has 0 saturated heterocycles. The molecule has 0 atom stereocenters. The van der Waals surface area contributed by atoms with Crippen LogP contribution in [0.25, 0.3) is 0 Å². The minimum absolute atomic E-state index is 0.0127. The van der Waals surface area contributed by atoms with Crippen LogP contribution in [0.4, 0.5) is 0 Å². The van der Waals surface area contributed by atoms with E-state index in [-0.39, 0.29) is 11.4 Å². The summed E-state index contributed by atoms with van der Waals surface area (Å²) < 4.78 is 32.6. The quantitative estimate of drug-likeness (QED) is 0.441. The molecule has 2 aromatic carbocycles. The smallest absolute Gasteiger partial charge is 0.271 e. The molecule has 0 unspecified atom stereocenters. The van der Waals surface area contributed by atoms with E-state index in [2.05, 4.69) is 15.2 Å². The van der Waals surface area contributed by atoms with E-state index in [1.807, 2.05) is 6.92 Å². The Hall–Kier alpha value is -2.94. The van der Waals surface area contributed by atoms with Gasteiger partial charge >= 0.3 is 0 Å². The van der Waals surface area contributed by atoms with Crippen molar-refractivity contribution in [1.82, 2.24) is 10.1 Å². The number of nitrogens with zero attached hydrogens (tertiary/aromatic N) is 1. The molecule has 1 heterocycles. The molecule has 3 aromatic rings. The molecular formula is C20H18ClN3O4S. The third kappa shape index (κ3) is 5.77. The van der Waals surface area contributed by atoms with E-state index in [0.717, 1.165) is 5.56 Å². The summed E-state index contributed by atoms with van der Waals surface area (Å²) in [5, 5.41) is 4.36. The average Bonchev–Trinajstić information content (AvgIpc) is 3.15. The highest BCUT2D eigenvalue weighted by molar-refractivity contribution is 7.89. The van der Waals surface area contributed by atoms with Crippen molar-refractivity contribution in [2.24, 2.45) is 5.10 Å². The molecule has 2 N–H and O–H groups in total. The molecule has 0 radical (unpaired) electrons. The lowest BCUT2D eigenvalue weighted by Crippen LogP contribution is -2.22. The Morgan fingerprint density at radius 2 is 1.76 bits per heavy atom. The number of nitrogens with one attached hydrogen (secondary N) is 2. The maximum Gasteiger partial charge on any atom is 0.271 e. The fraction of sp³-hybridized carbons (Fsp3) is 0.100. The van der Waals surface area contributed by atoms with Crippen LogP contribution in [-0.2, 0) is 16.6 Å². The fourth-order valence-corrected chi connectivity index (χ4v) is 3.47. The third-order valence-corrected chi connectivity index (χ3v) is 5.58. The molecule has 0 aliphatic heterocycles. The van der Waals surface area contributed by atoms with Crippen LogP contribution in [0.1, 0.15) is 27.4 Å². The van der Waals surface area contributed by atoms with Crippen molar-refractivity contribution in [2.45, 2.75) is 18.4 Å². The zero-order chi connectivity index (χ0) is 20.9. The van der Waals surface area contributed by atoms with E-state index in [4.69, 9.17) is 16.0 Å². The molecule has 0 fully saturated rings. The van der Waals surface area contributed by atoms with Crippen LogP contribution < -0.4 is 10.1 Å². The van der Waals surface area contributed by atoms with Crippen LogP contribution in [0.15, 0.2) is 75.1 Å². The number of aryl methyl sites for hydroxylation is 1. The molecule has 0 aliphatic carbocycles. The number of hydrogen-bond acceptors (Lipinski definition) is 5. The number of carbonyl (C=O) groups is 1. The summed E-state index contributed by atoms with van der Waals surface area (Å²) in [7, 11) is -3.64. The molecule has 150 valence electrons. The van der Waals surface area contributed by atoms with Crippen LogP contribution in [-0.4, -0.2) is 20.5 Å². The Bertz CT molecular complexity index is 1120. The first-order chi connectivity index (χ1) is 13.8. The Kier molecular flexibility index (Phi) is 6.48. The number of halogens is 1. The van der Waals surface area contributed by atoms with Crippen molar-refractivity contribution in [3.8, 4) is 0 Å². The predicted molar refractivity (Wildman–Crippen MR) is 110 cm³/mol. The number of rotatable bonds is 7. The Morgan fingerprint density at radius 1 is 1.07 bits per heavy atom. The number of carbonyl (C=O) groups excluding carboxylic acids is 1. The van der Waals surface area contributed by atoms with E-state index >= 15 is 0 Å². The second-order valence-electron chi connectivity index (χ2n) is 6.15. The predicted octanol–water partition coefficient (Wildman–Crippen LogP) is 3.48. The minimum atomic E-state index is -3.64. The van der Waals surface area contributed by atoms with Gasteiger partial charge < -0.3 is 4.42 Å². The average molecular weight is 432 g/mol. The molecule has 29 heavy (non-hydrogen) atoms. The molecule has 7 nitrogen and oxygen atoms in total. The Labute approximate surface area is 173 Å². The maximum absolute atomic E-state index is 12.3. The van der Waals surface area contributed by atoms with Crippen molar-refractivity contribution in [1.29, 1.82) is 0 Å². The number of sulfonamides is 1. The lowest BCUT2D eigenvalue weighted by atomic mass is 10.2. The van der Waals surface area contributed by atoms with Gasteiger partial charge in [-0.3, -0.25) is 4.79 Å². The van der Waals surface area contributed by atoms with Gasteiger partial charge in [0.05, 0.1) is 17.7 Å². The van der Waals surface area contributed by atoms with Gasteiger partial charge in [-0.05, 0) is 55.5 Å². The van der Waals surface area contributed by atoms with Crippen LogP contribution in [0, 0.1) is 6.92 Å². The summed E-state index contributed by atoms with van der Waals surface area (Å²) >= 11 is 5.78. The van der Waals surface area contributed by atoms with E-state index in [0.29, 0.717) is 22.1 Å². The molecule has 0 spiro atoms. The van der Waals surface area contributed by atoms with Gasteiger partial charge in [0.2, 0.25) is 10.0 Å². The van der Waals surface area contributed by atoms with Gasteiger partial charge in [0.25, 0.3) is 5.91 Å². The van der Waals surface area contributed by atoms with Crippen molar-refractivity contribution < 1.29 is 17.6 Å². The summed E-state index contributed by atoms with van der Waals surface area (Å²) in [5.41, 5.74) is 3.76. The molecule has 9 heteroatoms. The fourth-order valence-electron chi connectivity index (χ4n) is 2.35. The summed E-state index contributed by atoms with van der Waals surface area (Å²) in [6, 6.07) is 16.2. The van der Waals surface area contributed by atoms with Gasteiger partial charge in [0.1, 0.15) is 11.5 Å². The van der Waals surface area contributed by atoms with Crippen molar-refractivity contribution >= 4 is 33.7 Å². The van der Waals surface area contributed by atoms with Gasteiger partial charge in [-0.25, -0.2) is 18.6 Å². The molecular weight excluding hydrogens is 414 g/mol. The first-order valence-corrected chi connectivity index (χ1v) is 10.4. The highest BCUT2D eigenvalue weighted by Crippen LogP contribution is 2.12. The van der Waals surface area contributed by atoms with Gasteiger partial charge in [-0.15, -0.1) is 0 Å². The number of amides is 1. The normalized spacial score (nSPS) is 11.7. The maximum atomic E-state index is 12.3. The highest BCUT2D eigenvalue weighted by Gasteiger charge is 2.14. The van der Waals surface area contributed by atoms with Crippen LogP contribution >= 0.6 is 11.6 Å². The van der Waals surface area contributed by atoms with Crippen LogP contribution in [0.3, 0.4) is 0 Å². The lowest BCUT2D eigenvalue weighted by molar-refractivity contribution is 0.0955. The highest BCUT2D eigenvalue weighted by atomic mass is 35.5. The van der Waals surface area contributed by atoms with E-state index in [9.17, 15) is 13.2 Å². The molecule has 0 bridgehead atoms. The largest absolute Gasteiger partial charge is 0.459 e. The number of furan rings is 1. The zero-order valence-electron chi connectivity index (χ0n) is 15.4. The van der Waals surface area contributed by atoms with Gasteiger partial charge in [0.15, 0.2) is 0 Å². The van der Waals surface area contributed by atoms with E-state index in [1.165, 1.54) is 6.21 Å². The monoisotopic (exact) mass is 431 g/mol.